The summed E-state index contributed by atoms with van der Waals surface area (Å²) >= 11 is 7.13. The van der Waals surface area contributed by atoms with Crippen LogP contribution in [0.4, 0.5) is 5.69 Å². The number of nitrogens with zero attached hydrogens (tertiary/aromatic N) is 4. The fraction of sp³-hybridized carbons (Fsp3) is 0.486. The number of rotatable bonds is 9. The van der Waals surface area contributed by atoms with Crippen LogP contribution in [-0.2, 0) is 4.74 Å². The molecule has 6 rings (SSSR count). The highest BCUT2D eigenvalue weighted by Crippen LogP contribution is 2.43. The maximum atomic E-state index is 10.6. The minimum absolute atomic E-state index is 0.201. The number of aliphatic imine (C=N–C) groups is 2. The van der Waals surface area contributed by atoms with E-state index in [0.29, 0.717) is 29.8 Å². The number of hydrogen-bond donors (Lipinski definition) is 2. The van der Waals surface area contributed by atoms with Crippen LogP contribution in [0, 0.1) is 6.92 Å². The van der Waals surface area contributed by atoms with Gasteiger partial charge >= 0.3 is 0 Å². The van der Waals surface area contributed by atoms with Crippen molar-refractivity contribution in [1.29, 1.82) is 0 Å². The summed E-state index contributed by atoms with van der Waals surface area (Å²) in [6, 6.07) is 15.1. The van der Waals surface area contributed by atoms with Gasteiger partial charge in [0.15, 0.2) is 0 Å². The number of phenols is 1. The van der Waals surface area contributed by atoms with Crippen molar-refractivity contribution in [3.8, 4) is 16.9 Å². The lowest BCUT2D eigenvalue weighted by atomic mass is 9.91. The molecule has 2 bridgehead atoms. The van der Waals surface area contributed by atoms with E-state index in [1.54, 1.807) is 12.1 Å². The second-order valence-corrected chi connectivity index (χ2v) is 12.8. The maximum Gasteiger partial charge on any atom is 0.139 e. The van der Waals surface area contributed by atoms with Crippen molar-refractivity contribution in [2.75, 3.05) is 39.5 Å². The Morgan fingerprint density at radius 3 is 2.67 bits per heavy atom. The molecule has 43 heavy (non-hydrogen) atoms. The Morgan fingerprint density at radius 2 is 1.91 bits per heavy atom. The molecule has 0 spiro atoms. The number of amidine groups is 1. The van der Waals surface area contributed by atoms with Crippen molar-refractivity contribution in [3.05, 3.63) is 58.6 Å². The van der Waals surface area contributed by atoms with Crippen molar-refractivity contribution in [1.82, 2.24) is 15.1 Å². The molecule has 2 N–H and O–H groups in total. The number of phenolic OH excluding ortho intramolecular Hbond substituents is 1. The summed E-state index contributed by atoms with van der Waals surface area (Å²) in [5.74, 6) is 1.06. The molecule has 3 fully saturated rings. The van der Waals surface area contributed by atoms with Crippen LogP contribution in [0.1, 0.15) is 56.6 Å². The largest absolute Gasteiger partial charge is 0.508 e. The van der Waals surface area contributed by atoms with Gasteiger partial charge in [-0.1, -0.05) is 42.3 Å². The highest BCUT2D eigenvalue weighted by atomic mass is 35.5. The SMILES string of the molecule is C=Nc1c(/C(=N\COCCCN2CCCC[C@H]2C)N2CC3CCC(C2)N3)cc(Cl)c(-c2cc(O)cc3ccccc23)c1C. The fourth-order valence-corrected chi connectivity index (χ4v) is 7.68. The van der Waals surface area contributed by atoms with E-state index >= 15 is 0 Å². The van der Waals surface area contributed by atoms with Gasteiger partial charge in [-0.15, -0.1) is 0 Å². The second kappa shape index (κ2) is 13.3. The standard InChI is InChI=1S/C35H44ClN5O2/c1-23-9-6-7-14-40(23)15-8-16-43-22-38-35(41-20-26-12-13-27(21-41)39-26)31-19-32(36)33(24(2)34(31)37-3)30-18-28(42)17-25-10-4-5-11-29(25)30/h4-5,10-11,17-19,23,26-27,39,42H,3,6-9,12-16,20-22H2,1-2H3/b38-35+/t23-,26?,27?/m1/s1. The Balaban J connectivity index is 1.30. The zero-order valence-corrected chi connectivity index (χ0v) is 26.2. The van der Waals surface area contributed by atoms with Crippen LogP contribution in [0.25, 0.3) is 21.9 Å². The van der Waals surface area contributed by atoms with Gasteiger partial charge in [-0.2, -0.15) is 0 Å². The molecule has 3 heterocycles. The van der Waals surface area contributed by atoms with Crippen LogP contribution in [0.3, 0.4) is 0 Å². The average molecular weight is 602 g/mol. The molecule has 7 nitrogen and oxygen atoms in total. The Morgan fingerprint density at radius 1 is 1.12 bits per heavy atom. The molecule has 0 aliphatic carbocycles. The molecule has 3 atom stereocenters. The van der Waals surface area contributed by atoms with Gasteiger partial charge in [0, 0.05) is 53.9 Å². The van der Waals surface area contributed by atoms with Crippen LogP contribution in [-0.4, -0.2) is 85.1 Å². The predicted octanol–water partition coefficient (Wildman–Crippen LogP) is 6.93. The molecule has 3 aromatic carbocycles. The van der Waals surface area contributed by atoms with Crippen molar-refractivity contribution < 1.29 is 9.84 Å². The molecular formula is C35H44ClN5O2. The van der Waals surface area contributed by atoms with E-state index in [1.807, 2.05) is 31.2 Å². The maximum absolute atomic E-state index is 10.6. The minimum Gasteiger partial charge on any atom is -0.508 e. The first-order chi connectivity index (χ1) is 20.9. The van der Waals surface area contributed by atoms with Crippen LogP contribution in [0.5, 0.6) is 5.75 Å². The molecule has 8 heteroatoms. The van der Waals surface area contributed by atoms with Crippen LogP contribution >= 0.6 is 11.6 Å². The van der Waals surface area contributed by atoms with Crippen LogP contribution < -0.4 is 5.32 Å². The number of likely N-dealkylation sites (tertiary alicyclic amines) is 2. The molecule has 3 saturated heterocycles. The first-order valence-corrected chi connectivity index (χ1v) is 16.2. The molecule has 0 aromatic heterocycles. The first-order valence-electron chi connectivity index (χ1n) is 15.8. The zero-order chi connectivity index (χ0) is 29.9. The summed E-state index contributed by atoms with van der Waals surface area (Å²) in [4.78, 5) is 14.6. The minimum atomic E-state index is 0.201. The summed E-state index contributed by atoms with van der Waals surface area (Å²) in [5, 5.41) is 16.9. The molecular weight excluding hydrogens is 558 g/mol. The van der Waals surface area contributed by atoms with E-state index in [1.165, 1.54) is 38.6 Å². The summed E-state index contributed by atoms with van der Waals surface area (Å²) in [6.45, 7) is 13.3. The van der Waals surface area contributed by atoms with Gasteiger partial charge in [0.2, 0.25) is 0 Å². The monoisotopic (exact) mass is 601 g/mol. The van der Waals surface area contributed by atoms with Crippen molar-refractivity contribution in [3.63, 3.8) is 0 Å². The number of nitrogens with one attached hydrogen (secondary N) is 1. The zero-order valence-electron chi connectivity index (χ0n) is 25.5. The number of fused-ring (bicyclic) bond motifs is 3. The lowest BCUT2D eigenvalue weighted by Crippen LogP contribution is -2.53. The van der Waals surface area contributed by atoms with Crippen molar-refractivity contribution in [2.45, 2.75) is 70.5 Å². The summed E-state index contributed by atoms with van der Waals surface area (Å²) in [5.41, 5.74) is 4.27. The summed E-state index contributed by atoms with van der Waals surface area (Å²) < 4.78 is 6.10. The van der Waals surface area contributed by atoms with Gasteiger partial charge < -0.3 is 25.0 Å². The highest BCUT2D eigenvalue weighted by molar-refractivity contribution is 6.35. The van der Waals surface area contributed by atoms with Gasteiger partial charge in [-0.25, -0.2) is 4.99 Å². The van der Waals surface area contributed by atoms with E-state index < -0.39 is 0 Å². The molecule has 3 aliphatic rings. The van der Waals surface area contributed by atoms with Gasteiger partial charge in [0.05, 0.1) is 12.3 Å². The van der Waals surface area contributed by atoms with E-state index in [4.69, 9.17) is 21.3 Å². The lowest BCUT2D eigenvalue weighted by Gasteiger charge is -2.36. The lowest BCUT2D eigenvalue weighted by molar-refractivity contribution is 0.107. The Labute approximate surface area is 260 Å². The molecule has 3 aromatic rings. The number of piperazine rings is 1. The third-order valence-corrected chi connectivity index (χ3v) is 9.80. The van der Waals surface area contributed by atoms with E-state index in [0.717, 1.165) is 70.6 Å². The Hall–Kier alpha value is -2.97. The molecule has 3 aliphatic heterocycles. The number of halogens is 1. The normalized spacial score (nSPS) is 22.8. The number of ether oxygens (including phenoxy) is 1. The van der Waals surface area contributed by atoms with E-state index in [2.05, 4.69) is 39.8 Å². The van der Waals surface area contributed by atoms with Gasteiger partial charge in [0.1, 0.15) is 18.3 Å². The third kappa shape index (κ3) is 6.46. The molecule has 0 radical (unpaired) electrons. The van der Waals surface area contributed by atoms with E-state index in [-0.39, 0.29) is 12.5 Å². The second-order valence-electron chi connectivity index (χ2n) is 12.4. The van der Waals surface area contributed by atoms with Gasteiger partial charge in [-0.05, 0) is 99.3 Å². The fourth-order valence-electron chi connectivity index (χ4n) is 7.33. The smallest absolute Gasteiger partial charge is 0.139 e. The van der Waals surface area contributed by atoms with E-state index in [9.17, 15) is 5.11 Å². The van der Waals surface area contributed by atoms with Gasteiger partial charge in [-0.3, -0.25) is 4.99 Å². The summed E-state index contributed by atoms with van der Waals surface area (Å²) in [6.07, 6.45) is 7.29. The molecule has 228 valence electrons. The molecule has 0 saturated carbocycles. The summed E-state index contributed by atoms with van der Waals surface area (Å²) in [7, 11) is 0. The number of benzene rings is 3. The number of aromatic hydroxyl groups is 1. The topological polar surface area (TPSA) is 72.7 Å². The van der Waals surface area contributed by atoms with Crippen LogP contribution in [0.15, 0.2) is 52.4 Å². The number of piperidine rings is 1. The average Bonchev–Trinajstić information content (AvgIpc) is 3.34. The molecule has 2 unspecified atom stereocenters. The van der Waals surface area contributed by atoms with Crippen molar-refractivity contribution >= 4 is 40.6 Å². The van der Waals surface area contributed by atoms with Crippen molar-refractivity contribution in [2.24, 2.45) is 9.98 Å². The Kier molecular flexibility index (Phi) is 9.34. The third-order valence-electron chi connectivity index (χ3n) is 9.51. The Bertz CT molecular complexity index is 1500. The van der Waals surface area contributed by atoms with Gasteiger partial charge in [0.25, 0.3) is 0 Å². The molecule has 0 amide bonds. The predicted molar refractivity (Wildman–Crippen MR) is 178 cm³/mol. The highest BCUT2D eigenvalue weighted by Gasteiger charge is 2.35. The number of hydrogen-bond acceptors (Lipinski definition) is 6. The quantitative estimate of drug-likeness (QED) is 0.158. The first kappa shape index (κ1) is 30.1. The van der Waals surface area contributed by atoms with Crippen LogP contribution in [0.2, 0.25) is 5.02 Å².